The normalized spacial score (nSPS) is 17.6. The van der Waals surface area contributed by atoms with E-state index in [4.69, 9.17) is 0 Å². The van der Waals surface area contributed by atoms with Crippen molar-refractivity contribution in [3.63, 3.8) is 0 Å². The molecule has 0 spiro atoms. The standard InChI is InChI=1S/C17H21N3O/c1-11(2)12-3-5-13(6-4-12)17(21)19-15-8-7-14-10-18-20-16(14)9-15/h3-6,10-11,15H,7-9H2,1-2H3,(H,18,20)(H,19,21). The maximum absolute atomic E-state index is 12.3. The van der Waals surface area contributed by atoms with E-state index in [0.29, 0.717) is 5.92 Å². The number of aryl methyl sites for hydroxylation is 1. The SMILES string of the molecule is CC(C)c1ccc(C(=O)NC2CCc3cn[nH]c3C2)cc1. The van der Waals surface area contributed by atoms with E-state index >= 15 is 0 Å². The molecule has 1 amide bonds. The molecule has 1 heterocycles. The van der Waals surface area contributed by atoms with Gasteiger partial charge in [-0.05, 0) is 42.0 Å². The number of rotatable bonds is 3. The second-order valence-electron chi connectivity index (χ2n) is 6.06. The fourth-order valence-corrected chi connectivity index (χ4v) is 2.82. The van der Waals surface area contributed by atoms with Gasteiger partial charge in [0.25, 0.3) is 5.91 Å². The Labute approximate surface area is 125 Å². The first-order valence-electron chi connectivity index (χ1n) is 7.55. The van der Waals surface area contributed by atoms with Gasteiger partial charge >= 0.3 is 0 Å². The highest BCUT2D eigenvalue weighted by Crippen LogP contribution is 2.19. The van der Waals surface area contributed by atoms with Gasteiger partial charge in [-0.15, -0.1) is 0 Å². The molecule has 1 aliphatic rings. The Balaban J connectivity index is 1.64. The highest BCUT2D eigenvalue weighted by atomic mass is 16.1. The van der Waals surface area contributed by atoms with Gasteiger partial charge in [0.1, 0.15) is 0 Å². The molecule has 1 aromatic heterocycles. The maximum atomic E-state index is 12.3. The molecule has 0 bridgehead atoms. The van der Waals surface area contributed by atoms with Gasteiger partial charge in [-0.25, -0.2) is 0 Å². The molecule has 0 saturated carbocycles. The number of aromatic nitrogens is 2. The third-order valence-corrected chi connectivity index (χ3v) is 4.19. The molecule has 1 unspecified atom stereocenters. The van der Waals surface area contributed by atoms with Crippen molar-refractivity contribution in [2.75, 3.05) is 0 Å². The number of nitrogens with one attached hydrogen (secondary N) is 2. The molecule has 3 rings (SSSR count). The van der Waals surface area contributed by atoms with Crippen LogP contribution in [0, 0.1) is 0 Å². The molecule has 1 aliphatic carbocycles. The van der Waals surface area contributed by atoms with Crippen LogP contribution in [0.3, 0.4) is 0 Å². The highest BCUT2D eigenvalue weighted by molar-refractivity contribution is 5.94. The highest BCUT2D eigenvalue weighted by Gasteiger charge is 2.21. The van der Waals surface area contributed by atoms with Crippen LogP contribution in [-0.2, 0) is 12.8 Å². The lowest BCUT2D eigenvalue weighted by molar-refractivity contribution is 0.0933. The smallest absolute Gasteiger partial charge is 0.251 e. The van der Waals surface area contributed by atoms with Crippen LogP contribution in [0.4, 0.5) is 0 Å². The fraction of sp³-hybridized carbons (Fsp3) is 0.412. The summed E-state index contributed by atoms with van der Waals surface area (Å²) in [6.45, 7) is 4.30. The van der Waals surface area contributed by atoms with Gasteiger partial charge in [0.15, 0.2) is 0 Å². The third-order valence-electron chi connectivity index (χ3n) is 4.19. The van der Waals surface area contributed by atoms with E-state index in [1.54, 1.807) is 0 Å². The van der Waals surface area contributed by atoms with Crippen molar-refractivity contribution >= 4 is 5.91 Å². The summed E-state index contributed by atoms with van der Waals surface area (Å²) in [7, 11) is 0. The molecule has 1 atom stereocenters. The van der Waals surface area contributed by atoms with Crippen molar-refractivity contribution in [3.05, 3.63) is 52.8 Å². The van der Waals surface area contributed by atoms with Crippen LogP contribution >= 0.6 is 0 Å². The Morgan fingerprint density at radius 2 is 2.10 bits per heavy atom. The van der Waals surface area contributed by atoms with Gasteiger partial charge < -0.3 is 5.32 Å². The summed E-state index contributed by atoms with van der Waals surface area (Å²) in [4.78, 5) is 12.3. The van der Waals surface area contributed by atoms with Crippen molar-refractivity contribution in [1.29, 1.82) is 0 Å². The molecule has 4 nitrogen and oxygen atoms in total. The molecule has 110 valence electrons. The van der Waals surface area contributed by atoms with E-state index in [-0.39, 0.29) is 11.9 Å². The van der Waals surface area contributed by atoms with Crippen LogP contribution in [0.1, 0.15) is 53.4 Å². The monoisotopic (exact) mass is 283 g/mol. The van der Waals surface area contributed by atoms with Crippen molar-refractivity contribution in [2.45, 2.75) is 45.1 Å². The number of amides is 1. The zero-order valence-corrected chi connectivity index (χ0v) is 12.5. The van der Waals surface area contributed by atoms with Gasteiger partial charge in [0.2, 0.25) is 0 Å². The van der Waals surface area contributed by atoms with Crippen LogP contribution in [-0.4, -0.2) is 22.1 Å². The summed E-state index contributed by atoms with van der Waals surface area (Å²) in [6.07, 6.45) is 4.68. The molecule has 0 fully saturated rings. The number of H-pyrrole nitrogens is 1. The van der Waals surface area contributed by atoms with E-state index in [2.05, 4.69) is 29.4 Å². The number of carbonyl (C=O) groups excluding carboxylic acids is 1. The molecular formula is C17H21N3O. The van der Waals surface area contributed by atoms with E-state index in [9.17, 15) is 4.79 Å². The van der Waals surface area contributed by atoms with E-state index in [1.165, 1.54) is 11.1 Å². The molecular weight excluding hydrogens is 262 g/mol. The number of hydrogen-bond acceptors (Lipinski definition) is 2. The first-order valence-corrected chi connectivity index (χ1v) is 7.55. The Kier molecular flexibility index (Phi) is 3.78. The first-order chi connectivity index (χ1) is 10.1. The van der Waals surface area contributed by atoms with Crippen molar-refractivity contribution in [3.8, 4) is 0 Å². The van der Waals surface area contributed by atoms with Crippen LogP contribution in [0.2, 0.25) is 0 Å². The predicted molar refractivity (Wildman–Crippen MR) is 82.4 cm³/mol. The fourth-order valence-electron chi connectivity index (χ4n) is 2.82. The number of nitrogens with zero attached hydrogens (tertiary/aromatic N) is 1. The number of aromatic amines is 1. The zero-order valence-electron chi connectivity index (χ0n) is 12.5. The summed E-state index contributed by atoms with van der Waals surface area (Å²) in [5, 5.41) is 10.2. The Morgan fingerprint density at radius 1 is 1.33 bits per heavy atom. The third kappa shape index (κ3) is 2.99. The lowest BCUT2D eigenvalue weighted by Gasteiger charge is -2.22. The van der Waals surface area contributed by atoms with E-state index in [0.717, 1.165) is 30.5 Å². The van der Waals surface area contributed by atoms with Crippen molar-refractivity contribution in [1.82, 2.24) is 15.5 Å². The quantitative estimate of drug-likeness (QED) is 0.910. The second-order valence-corrected chi connectivity index (χ2v) is 6.06. The Morgan fingerprint density at radius 3 is 2.81 bits per heavy atom. The van der Waals surface area contributed by atoms with E-state index < -0.39 is 0 Å². The van der Waals surface area contributed by atoms with Crippen molar-refractivity contribution < 1.29 is 4.79 Å². The molecule has 0 saturated heterocycles. The summed E-state index contributed by atoms with van der Waals surface area (Å²) in [5.41, 5.74) is 4.42. The van der Waals surface area contributed by atoms with Gasteiger partial charge in [-0.1, -0.05) is 26.0 Å². The molecule has 0 radical (unpaired) electrons. The maximum Gasteiger partial charge on any atom is 0.251 e. The molecule has 0 aliphatic heterocycles. The molecule has 2 aromatic rings. The van der Waals surface area contributed by atoms with Gasteiger partial charge in [0, 0.05) is 23.7 Å². The average molecular weight is 283 g/mol. The Hall–Kier alpha value is -2.10. The summed E-state index contributed by atoms with van der Waals surface area (Å²) in [5.74, 6) is 0.498. The minimum atomic E-state index is 0.0123. The lowest BCUT2D eigenvalue weighted by atomic mass is 9.93. The van der Waals surface area contributed by atoms with Crippen molar-refractivity contribution in [2.24, 2.45) is 0 Å². The zero-order chi connectivity index (χ0) is 14.8. The van der Waals surface area contributed by atoms with Crippen LogP contribution in [0.25, 0.3) is 0 Å². The second kappa shape index (κ2) is 5.72. The topological polar surface area (TPSA) is 57.8 Å². The molecule has 4 heteroatoms. The Bertz CT molecular complexity index is 628. The van der Waals surface area contributed by atoms with Crippen LogP contribution in [0.5, 0.6) is 0 Å². The summed E-state index contributed by atoms with van der Waals surface area (Å²) >= 11 is 0. The summed E-state index contributed by atoms with van der Waals surface area (Å²) in [6, 6.07) is 8.08. The number of fused-ring (bicyclic) bond motifs is 1. The van der Waals surface area contributed by atoms with Crippen LogP contribution in [0.15, 0.2) is 30.5 Å². The largest absolute Gasteiger partial charge is 0.349 e. The minimum Gasteiger partial charge on any atom is -0.349 e. The molecule has 21 heavy (non-hydrogen) atoms. The van der Waals surface area contributed by atoms with E-state index in [1.807, 2.05) is 30.5 Å². The molecule has 1 aromatic carbocycles. The first kappa shape index (κ1) is 13.9. The number of benzene rings is 1. The van der Waals surface area contributed by atoms with Gasteiger partial charge in [0.05, 0.1) is 6.20 Å². The molecule has 2 N–H and O–H groups in total. The average Bonchev–Trinajstić information content (AvgIpc) is 2.95. The van der Waals surface area contributed by atoms with Gasteiger partial charge in [-0.3, -0.25) is 9.89 Å². The predicted octanol–water partition coefficient (Wildman–Crippen LogP) is 2.82. The van der Waals surface area contributed by atoms with Crippen LogP contribution < -0.4 is 5.32 Å². The van der Waals surface area contributed by atoms with Gasteiger partial charge in [-0.2, -0.15) is 5.10 Å². The summed E-state index contributed by atoms with van der Waals surface area (Å²) < 4.78 is 0. The number of hydrogen-bond donors (Lipinski definition) is 2. The lowest BCUT2D eigenvalue weighted by Crippen LogP contribution is -2.38. The minimum absolute atomic E-state index is 0.0123. The number of carbonyl (C=O) groups is 1.